The SMILES string of the molecule is CN=CC(=CN)c1cnc2[nH]cc(C(=O)C3=CC(N)CC=C3F)c2c1. The van der Waals surface area contributed by atoms with E-state index in [4.69, 9.17) is 11.5 Å². The number of aromatic amines is 1. The summed E-state index contributed by atoms with van der Waals surface area (Å²) in [6, 6.07) is 1.40. The fourth-order valence-corrected chi connectivity index (χ4v) is 2.74. The molecule has 0 bridgehead atoms. The molecule has 3 rings (SSSR count). The van der Waals surface area contributed by atoms with Gasteiger partial charge < -0.3 is 16.5 Å². The maximum absolute atomic E-state index is 14.1. The van der Waals surface area contributed by atoms with Crippen LogP contribution in [0.15, 0.2) is 53.2 Å². The van der Waals surface area contributed by atoms with Gasteiger partial charge in [-0.3, -0.25) is 9.79 Å². The van der Waals surface area contributed by atoms with Gasteiger partial charge >= 0.3 is 0 Å². The van der Waals surface area contributed by atoms with E-state index in [1.807, 2.05) is 0 Å². The molecule has 2 aromatic rings. The molecule has 128 valence electrons. The lowest BCUT2D eigenvalue weighted by molar-refractivity contribution is 0.103. The number of halogens is 1. The number of pyridine rings is 1. The van der Waals surface area contributed by atoms with Gasteiger partial charge in [-0.05, 0) is 18.6 Å². The minimum atomic E-state index is -0.550. The molecule has 1 aliphatic rings. The molecule has 7 heteroatoms. The standard InChI is InChI=1S/C18H18FN5O/c1-22-7-11(6-20)10-4-13-15(9-24-18(13)23-8-10)17(25)14-5-12(21)2-3-16(14)19/h3-9,12H,2,20-21H2,1H3,(H,23,24). The Bertz CT molecular complexity index is 952. The molecule has 0 spiro atoms. The van der Waals surface area contributed by atoms with Gasteiger partial charge in [0.15, 0.2) is 5.78 Å². The minimum absolute atomic E-state index is 0.0187. The number of aromatic nitrogens is 2. The number of carbonyl (C=O) groups excluding carboxylic acids is 1. The first-order chi connectivity index (χ1) is 12.0. The van der Waals surface area contributed by atoms with Crippen molar-refractivity contribution in [2.24, 2.45) is 16.5 Å². The van der Waals surface area contributed by atoms with Crippen LogP contribution in [0.25, 0.3) is 16.6 Å². The minimum Gasteiger partial charge on any atom is -0.404 e. The molecule has 1 aliphatic carbocycles. The summed E-state index contributed by atoms with van der Waals surface area (Å²) in [7, 11) is 1.63. The lowest BCUT2D eigenvalue weighted by atomic mass is 9.95. The Kier molecular flexibility index (Phi) is 4.58. The highest BCUT2D eigenvalue weighted by molar-refractivity contribution is 6.18. The Labute approximate surface area is 143 Å². The van der Waals surface area contributed by atoms with Crippen LogP contribution in [-0.4, -0.2) is 35.1 Å². The number of Topliss-reactive ketones (excluding diaryl/α,β-unsaturated/α-hetero) is 1. The van der Waals surface area contributed by atoms with Crippen LogP contribution in [-0.2, 0) is 0 Å². The summed E-state index contributed by atoms with van der Waals surface area (Å²) in [4.78, 5) is 24.0. The molecule has 2 aromatic heterocycles. The average molecular weight is 339 g/mol. The number of nitrogens with one attached hydrogen (secondary N) is 1. The molecule has 25 heavy (non-hydrogen) atoms. The van der Waals surface area contributed by atoms with Gasteiger partial charge in [0, 0.05) is 60.0 Å². The van der Waals surface area contributed by atoms with Crippen molar-refractivity contribution in [3.8, 4) is 0 Å². The predicted octanol–water partition coefficient (Wildman–Crippen LogP) is 2.26. The van der Waals surface area contributed by atoms with Crippen LogP contribution in [0.4, 0.5) is 4.39 Å². The average Bonchev–Trinajstić information content (AvgIpc) is 3.04. The number of aliphatic imine (C=N–C) groups is 1. The molecule has 1 atom stereocenters. The van der Waals surface area contributed by atoms with Gasteiger partial charge in [-0.15, -0.1) is 0 Å². The summed E-state index contributed by atoms with van der Waals surface area (Å²) in [6.45, 7) is 0. The summed E-state index contributed by atoms with van der Waals surface area (Å²) in [5, 5.41) is 0.583. The highest BCUT2D eigenvalue weighted by atomic mass is 19.1. The normalized spacial score (nSPS) is 18.5. The summed E-state index contributed by atoms with van der Waals surface area (Å²) >= 11 is 0. The first-order valence-corrected chi connectivity index (χ1v) is 7.74. The molecule has 0 saturated carbocycles. The van der Waals surface area contributed by atoms with Crippen molar-refractivity contribution < 1.29 is 9.18 Å². The Morgan fingerprint density at radius 2 is 2.32 bits per heavy atom. The molecule has 0 amide bonds. The summed E-state index contributed by atoms with van der Waals surface area (Å²) in [5.41, 5.74) is 13.7. The molecule has 0 aromatic carbocycles. The number of ketones is 1. The number of nitrogens with zero attached hydrogens (tertiary/aromatic N) is 2. The molecule has 0 radical (unpaired) electrons. The van der Waals surface area contributed by atoms with Crippen molar-refractivity contribution in [2.45, 2.75) is 12.5 Å². The van der Waals surface area contributed by atoms with Crippen LogP contribution >= 0.6 is 0 Å². The third-order valence-corrected chi connectivity index (χ3v) is 4.01. The zero-order valence-electron chi connectivity index (χ0n) is 13.7. The zero-order chi connectivity index (χ0) is 18.0. The van der Waals surface area contributed by atoms with Gasteiger partial charge in [-0.2, -0.15) is 0 Å². The van der Waals surface area contributed by atoms with Crippen LogP contribution in [0.1, 0.15) is 22.3 Å². The second kappa shape index (κ2) is 6.82. The Hall–Kier alpha value is -3.06. The highest BCUT2D eigenvalue weighted by Crippen LogP contribution is 2.28. The lowest BCUT2D eigenvalue weighted by Crippen LogP contribution is -2.21. The van der Waals surface area contributed by atoms with E-state index in [9.17, 15) is 9.18 Å². The smallest absolute Gasteiger partial charge is 0.197 e. The van der Waals surface area contributed by atoms with E-state index >= 15 is 0 Å². The fraction of sp³-hybridized carbons (Fsp3) is 0.167. The first kappa shape index (κ1) is 16.8. The number of carbonyl (C=O) groups is 1. The van der Waals surface area contributed by atoms with Crippen LogP contribution in [0.2, 0.25) is 0 Å². The molecular weight excluding hydrogens is 321 g/mol. The maximum atomic E-state index is 14.1. The van der Waals surface area contributed by atoms with E-state index in [2.05, 4.69) is 15.0 Å². The topological polar surface area (TPSA) is 110 Å². The van der Waals surface area contributed by atoms with Crippen molar-refractivity contribution in [2.75, 3.05) is 7.05 Å². The maximum Gasteiger partial charge on any atom is 0.197 e. The molecule has 6 nitrogen and oxygen atoms in total. The van der Waals surface area contributed by atoms with E-state index in [0.717, 1.165) is 0 Å². The molecule has 5 N–H and O–H groups in total. The van der Waals surface area contributed by atoms with Gasteiger partial charge in [0.05, 0.1) is 5.57 Å². The van der Waals surface area contributed by atoms with Gasteiger partial charge in [0.25, 0.3) is 0 Å². The Morgan fingerprint density at radius 3 is 3.04 bits per heavy atom. The van der Waals surface area contributed by atoms with Crippen molar-refractivity contribution in [1.29, 1.82) is 0 Å². The van der Waals surface area contributed by atoms with E-state index in [-0.39, 0.29) is 11.6 Å². The quantitative estimate of drug-likeness (QED) is 0.586. The second-order valence-corrected chi connectivity index (χ2v) is 5.69. The van der Waals surface area contributed by atoms with Gasteiger partial charge in [0.2, 0.25) is 0 Å². The summed E-state index contributed by atoms with van der Waals surface area (Å²) in [5.74, 6) is -0.984. The third-order valence-electron chi connectivity index (χ3n) is 4.01. The largest absolute Gasteiger partial charge is 0.404 e. The van der Waals surface area contributed by atoms with Crippen molar-refractivity contribution in [3.63, 3.8) is 0 Å². The number of rotatable bonds is 4. The molecule has 1 unspecified atom stereocenters. The van der Waals surface area contributed by atoms with E-state index in [1.165, 1.54) is 24.5 Å². The monoisotopic (exact) mass is 339 g/mol. The number of hydrogen-bond donors (Lipinski definition) is 3. The number of H-pyrrole nitrogens is 1. The summed E-state index contributed by atoms with van der Waals surface area (Å²) < 4.78 is 14.1. The molecule has 0 saturated heterocycles. The van der Waals surface area contributed by atoms with Crippen molar-refractivity contribution in [3.05, 3.63) is 59.3 Å². The molecule has 0 fully saturated rings. The highest BCUT2D eigenvalue weighted by Gasteiger charge is 2.23. The van der Waals surface area contributed by atoms with E-state index in [0.29, 0.717) is 34.2 Å². The lowest BCUT2D eigenvalue weighted by Gasteiger charge is -2.13. The zero-order valence-corrected chi connectivity index (χ0v) is 13.7. The number of nitrogens with two attached hydrogens (primary N) is 2. The van der Waals surface area contributed by atoms with Crippen LogP contribution in [0.5, 0.6) is 0 Å². The first-order valence-electron chi connectivity index (χ1n) is 7.74. The summed E-state index contributed by atoms with van der Waals surface area (Å²) in [6.07, 6.45) is 9.34. The number of allylic oxidation sites excluding steroid dienone is 3. The second-order valence-electron chi connectivity index (χ2n) is 5.69. The predicted molar refractivity (Wildman–Crippen MR) is 96.9 cm³/mol. The van der Waals surface area contributed by atoms with Crippen molar-refractivity contribution in [1.82, 2.24) is 9.97 Å². The van der Waals surface area contributed by atoms with Gasteiger partial charge in [-0.1, -0.05) is 6.08 Å². The van der Waals surface area contributed by atoms with Crippen LogP contribution < -0.4 is 11.5 Å². The Balaban J connectivity index is 2.08. The number of fused-ring (bicyclic) bond motifs is 1. The third kappa shape index (κ3) is 3.14. The van der Waals surface area contributed by atoms with Crippen LogP contribution in [0, 0.1) is 0 Å². The fourth-order valence-electron chi connectivity index (χ4n) is 2.74. The molecule has 0 aliphatic heterocycles. The van der Waals surface area contributed by atoms with Crippen molar-refractivity contribution >= 4 is 28.6 Å². The molecular formula is C18H18FN5O. The number of hydrogen-bond acceptors (Lipinski definition) is 5. The van der Waals surface area contributed by atoms with Crippen LogP contribution in [0.3, 0.4) is 0 Å². The van der Waals surface area contributed by atoms with Gasteiger partial charge in [-0.25, -0.2) is 9.37 Å². The Morgan fingerprint density at radius 1 is 1.52 bits per heavy atom. The van der Waals surface area contributed by atoms with E-state index in [1.54, 1.807) is 25.5 Å². The molecule has 2 heterocycles. The van der Waals surface area contributed by atoms with Gasteiger partial charge in [0.1, 0.15) is 11.5 Å². The van der Waals surface area contributed by atoms with E-state index < -0.39 is 11.6 Å².